The molecule has 0 fully saturated rings. The van der Waals surface area contributed by atoms with E-state index in [0.29, 0.717) is 16.3 Å². The molecule has 0 amide bonds. The molecular formula is C26H26F3NO4S. The number of aromatic nitrogens is 1. The number of halogens is 3. The molecule has 1 aromatic heterocycles. The normalized spacial score (nSPS) is 17.7. The number of hydrogen-bond donors (Lipinski definition) is 1. The first-order valence-electron chi connectivity index (χ1n) is 10.9. The standard InChI is InChI=1S/C26H26F3NO4S/c1-17(3-4-18-5-9-20(10-6-18)26(27,28)29)24(35)16-33-21-11-7-19(8-12-21)22(15-25(31)32-2)23-13-14-34-30-23/h3-9,11-14,20,22,35H,10,15-16H2,1-2H3/b4-3+,24-17-. The van der Waals surface area contributed by atoms with Crippen LogP contribution >= 0.6 is 12.6 Å². The van der Waals surface area contributed by atoms with Gasteiger partial charge in [-0.3, -0.25) is 4.79 Å². The largest absolute Gasteiger partial charge is 0.488 e. The summed E-state index contributed by atoms with van der Waals surface area (Å²) >= 11 is 4.49. The second-order valence-electron chi connectivity index (χ2n) is 8.02. The zero-order valence-electron chi connectivity index (χ0n) is 19.3. The van der Waals surface area contributed by atoms with E-state index in [-0.39, 0.29) is 31.3 Å². The molecule has 2 aromatic rings. The zero-order chi connectivity index (χ0) is 25.4. The number of alkyl halides is 3. The van der Waals surface area contributed by atoms with Crippen molar-refractivity contribution in [2.75, 3.05) is 13.7 Å². The highest BCUT2D eigenvalue weighted by atomic mass is 32.1. The molecule has 35 heavy (non-hydrogen) atoms. The molecule has 2 atom stereocenters. The minimum absolute atomic E-state index is 0.0631. The van der Waals surface area contributed by atoms with Crippen LogP contribution in [-0.2, 0) is 9.53 Å². The maximum Gasteiger partial charge on any atom is 0.395 e. The van der Waals surface area contributed by atoms with Gasteiger partial charge in [0.05, 0.1) is 25.1 Å². The number of carbonyl (C=O) groups excluding carboxylic acids is 1. The van der Waals surface area contributed by atoms with Crippen molar-refractivity contribution in [1.29, 1.82) is 0 Å². The first kappa shape index (κ1) is 26.4. The van der Waals surface area contributed by atoms with Crippen LogP contribution in [0.1, 0.15) is 36.9 Å². The highest BCUT2D eigenvalue weighted by Crippen LogP contribution is 2.33. The van der Waals surface area contributed by atoms with E-state index >= 15 is 0 Å². The third-order valence-electron chi connectivity index (χ3n) is 5.60. The molecule has 1 aliphatic carbocycles. The number of esters is 1. The first-order valence-corrected chi connectivity index (χ1v) is 11.3. The van der Waals surface area contributed by atoms with E-state index in [2.05, 4.69) is 17.8 Å². The lowest BCUT2D eigenvalue weighted by Gasteiger charge is -2.18. The summed E-state index contributed by atoms with van der Waals surface area (Å²) in [5, 5.41) is 3.95. The van der Waals surface area contributed by atoms with Crippen molar-refractivity contribution < 1.29 is 32.0 Å². The van der Waals surface area contributed by atoms with Crippen molar-refractivity contribution in [3.63, 3.8) is 0 Å². The highest BCUT2D eigenvalue weighted by Gasteiger charge is 2.37. The predicted octanol–water partition coefficient (Wildman–Crippen LogP) is 6.57. The van der Waals surface area contributed by atoms with Crippen LogP contribution in [0.25, 0.3) is 0 Å². The molecular weight excluding hydrogens is 479 g/mol. The van der Waals surface area contributed by atoms with E-state index in [1.54, 1.807) is 36.4 Å². The molecule has 0 bridgehead atoms. The van der Waals surface area contributed by atoms with Gasteiger partial charge in [0.1, 0.15) is 18.6 Å². The van der Waals surface area contributed by atoms with E-state index in [1.807, 2.05) is 19.1 Å². The molecule has 1 heterocycles. The fourth-order valence-electron chi connectivity index (χ4n) is 3.43. The van der Waals surface area contributed by atoms with E-state index in [4.69, 9.17) is 14.0 Å². The SMILES string of the molecule is COC(=O)CC(c1ccc(OC/C(S)=C(C)/C=C/C2=CCC(C(F)(F)F)C=C2)cc1)c1ccon1. The lowest BCUT2D eigenvalue weighted by Crippen LogP contribution is -2.21. The van der Waals surface area contributed by atoms with Gasteiger partial charge in [-0.25, -0.2) is 0 Å². The van der Waals surface area contributed by atoms with Gasteiger partial charge in [-0.15, -0.1) is 12.6 Å². The van der Waals surface area contributed by atoms with E-state index in [1.165, 1.54) is 25.5 Å². The van der Waals surface area contributed by atoms with Gasteiger partial charge in [-0.2, -0.15) is 13.2 Å². The molecule has 5 nitrogen and oxygen atoms in total. The molecule has 0 N–H and O–H groups in total. The van der Waals surface area contributed by atoms with Crippen LogP contribution in [0.5, 0.6) is 5.75 Å². The van der Waals surface area contributed by atoms with Gasteiger partial charge >= 0.3 is 12.1 Å². The number of rotatable bonds is 9. The van der Waals surface area contributed by atoms with E-state index < -0.39 is 12.1 Å². The summed E-state index contributed by atoms with van der Waals surface area (Å²) in [6.07, 6.45) is 5.10. The van der Waals surface area contributed by atoms with Crippen LogP contribution < -0.4 is 4.74 Å². The van der Waals surface area contributed by atoms with Crippen LogP contribution in [-0.4, -0.2) is 31.0 Å². The molecule has 0 aliphatic heterocycles. The molecule has 3 rings (SSSR count). The molecule has 1 aromatic carbocycles. The maximum atomic E-state index is 12.7. The van der Waals surface area contributed by atoms with Gasteiger partial charge in [0, 0.05) is 16.9 Å². The van der Waals surface area contributed by atoms with Crippen molar-refractivity contribution in [1.82, 2.24) is 5.16 Å². The topological polar surface area (TPSA) is 61.6 Å². The fourth-order valence-corrected chi connectivity index (χ4v) is 3.57. The Morgan fingerprint density at radius 3 is 2.60 bits per heavy atom. The Morgan fingerprint density at radius 2 is 2.03 bits per heavy atom. The Hall–Kier alpha value is -3.20. The number of ether oxygens (including phenoxy) is 2. The smallest absolute Gasteiger partial charge is 0.395 e. The average Bonchev–Trinajstić information content (AvgIpc) is 3.39. The van der Waals surface area contributed by atoms with Gasteiger partial charge < -0.3 is 14.0 Å². The third kappa shape index (κ3) is 7.65. The second kappa shape index (κ2) is 12.0. The predicted molar refractivity (Wildman–Crippen MR) is 129 cm³/mol. The number of hydrogen-bond acceptors (Lipinski definition) is 6. The van der Waals surface area contributed by atoms with E-state index in [0.717, 1.165) is 16.7 Å². The molecule has 0 spiro atoms. The van der Waals surface area contributed by atoms with Gasteiger partial charge in [-0.1, -0.05) is 47.7 Å². The number of benzene rings is 1. The van der Waals surface area contributed by atoms with Crippen molar-refractivity contribution in [3.8, 4) is 5.75 Å². The number of nitrogens with zero attached hydrogens (tertiary/aromatic N) is 1. The quantitative estimate of drug-likeness (QED) is 0.237. The maximum absolute atomic E-state index is 12.7. The van der Waals surface area contributed by atoms with Gasteiger partial charge in [0.15, 0.2) is 0 Å². The number of allylic oxidation sites excluding steroid dienone is 7. The van der Waals surface area contributed by atoms with Crippen molar-refractivity contribution >= 4 is 18.6 Å². The highest BCUT2D eigenvalue weighted by molar-refractivity contribution is 7.84. The van der Waals surface area contributed by atoms with Crippen LogP contribution in [0, 0.1) is 5.92 Å². The summed E-state index contributed by atoms with van der Waals surface area (Å²) < 4.78 is 53.8. The Bertz CT molecular complexity index is 1120. The summed E-state index contributed by atoms with van der Waals surface area (Å²) in [7, 11) is 1.34. The van der Waals surface area contributed by atoms with Crippen LogP contribution in [0.3, 0.4) is 0 Å². The fraction of sp³-hybridized carbons (Fsp3) is 0.308. The Morgan fingerprint density at radius 1 is 1.29 bits per heavy atom. The monoisotopic (exact) mass is 505 g/mol. The third-order valence-corrected chi connectivity index (χ3v) is 6.08. The lowest BCUT2D eigenvalue weighted by molar-refractivity contribution is -0.160. The lowest BCUT2D eigenvalue weighted by atomic mass is 9.92. The molecule has 186 valence electrons. The van der Waals surface area contributed by atoms with Gasteiger partial charge in [0.2, 0.25) is 0 Å². The summed E-state index contributed by atoms with van der Waals surface area (Å²) in [6, 6.07) is 8.99. The molecule has 2 unspecified atom stereocenters. The summed E-state index contributed by atoms with van der Waals surface area (Å²) in [6.45, 7) is 2.07. The van der Waals surface area contributed by atoms with Crippen molar-refractivity contribution in [2.24, 2.45) is 5.92 Å². The summed E-state index contributed by atoms with van der Waals surface area (Å²) in [5.74, 6) is -1.47. The number of methoxy groups -OCH3 is 1. The Kier molecular flexibility index (Phi) is 9.03. The number of carbonyl (C=O) groups is 1. The molecule has 0 saturated carbocycles. The first-order chi connectivity index (χ1) is 16.7. The zero-order valence-corrected chi connectivity index (χ0v) is 20.2. The van der Waals surface area contributed by atoms with Gasteiger partial charge in [0.25, 0.3) is 0 Å². The molecule has 9 heteroatoms. The van der Waals surface area contributed by atoms with Gasteiger partial charge in [-0.05, 0) is 42.2 Å². The van der Waals surface area contributed by atoms with Crippen molar-refractivity contribution in [2.45, 2.75) is 31.9 Å². The summed E-state index contributed by atoms with van der Waals surface area (Å²) in [4.78, 5) is 12.5. The molecule has 1 aliphatic rings. The summed E-state index contributed by atoms with van der Waals surface area (Å²) in [5.41, 5.74) is 3.04. The van der Waals surface area contributed by atoms with Crippen molar-refractivity contribution in [3.05, 3.63) is 94.3 Å². The minimum Gasteiger partial charge on any atom is -0.488 e. The number of thiol groups is 1. The second-order valence-corrected chi connectivity index (χ2v) is 8.56. The van der Waals surface area contributed by atoms with E-state index in [9.17, 15) is 18.0 Å². The van der Waals surface area contributed by atoms with Crippen LogP contribution in [0.4, 0.5) is 13.2 Å². The van der Waals surface area contributed by atoms with Crippen LogP contribution in [0.2, 0.25) is 0 Å². The van der Waals surface area contributed by atoms with Crippen LogP contribution in [0.15, 0.2) is 87.5 Å². The Balaban J connectivity index is 1.59. The minimum atomic E-state index is -4.22. The Labute approximate surface area is 207 Å². The molecule has 0 saturated heterocycles. The molecule has 0 radical (unpaired) electrons. The average molecular weight is 506 g/mol.